The molecule has 0 aliphatic heterocycles. The number of aliphatic carboxylic acids is 1. The Bertz CT molecular complexity index is 606. The van der Waals surface area contributed by atoms with Gasteiger partial charge < -0.3 is 14.6 Å². The summed E-state index contributed by atoms with van der Waals surface area (Å²) in [5.41, 5.74) is -0.360. The van der Waals surface area contributed by atoms with Gasteiger partial charge in [-0.05, 0) is 24.3 Å². The number of rotatable bonds is 8. The summed E-state index contributed by atoms with van der Waals surface area (Å²) in [7, 11) is -2.40. The first-order chi connectivity index (χ1) is 9.86. The highest BCUT2D eigenvalue weighted by molar-refractivity contribution is 7.94. The lowest BCUT2D eigenvalue weighted by Gasteiger charge is -2.05. The Hall–Kier alpha value is -1.41. The van der Waals surface area contributed by atoms with E-state index in [1.165, 1.54) is 31.4 Å². The third-order valence-electron chi connectivity index (χ3n) is 2.40. The van der Waals surface area contributed by atoms with Gasteiger partial charge in [0.15, 0.2) is 9.84 Å². The molecule has 1 rings (SSSR count). The number of methoxy groups -OCH3 is 1. The maximum absolute atomic E-state index is 12.1. The number of ether oxygens (including phenoxy) is 2. The van der Waals surface area contributed by atoms with Crippen LogP contribution in [-0.4, -0.2) is 46.4 Å². The van der Waals surface area contributed by atoms with Crippen molar-refractivity contribution in [3.05, 3.63) is 40.3 Å². The molecule has 0 spiro atoms. The van der Waals surface area contributed by atoms with Gasteiger partial charge in [0.25, 0.3) is 0 Å². The molecule has 6 nitrogen and oxygen atoms in total. The minimum absolute atomic E-state index is 0.0393. The number of hydrogen-bond donors (Lipinski definition) is 1. The topological polar surface area (TPSA) is 89.9 Å². The van der Waals surface area contributed by atoms with Crippen molar-refractivity contribution in [2.24, 2.45) is 0 Å². The van der Waals surface area contributed by atoms with Crippen LogP contribution in [0.1, 0.15) is 0 Å². The van der Waals surface area contributed by atoms with E-state index in [0.29, 0.717) is 10.4 Å². The van der Waals surface area contributed by atoms with Crippen molar-refractivity contribution in [1.82, 2.24) is 0 Å². The lowest BCUT2D eigenvalue weighted by Crippen LogP contribution is -2.13. The van der Waals surface area contributed by atoms with Gasteiger partial charge in [0.2, 0.25) is 0 Å². The zero-order valence-corrected chi connectivity index (χ0v) is 12.9. The first-order valence-electron chi connectivity index (χ1n) is 5.88. The van der Waals surface area contributed by atoms with Gasteiger partial charge in [-0.25, -0.2) is 13.2 Å². The van der Waals surface area contributed by atoms with Crippen molar-refractivity contribution in [1.29, 1.82) is 0 Å². The molecule has 8 heteroatoms. The lowest BCUT2D eigenvalue weighted by molar-refractivity contribution is -0.133. The fraction of sp³-hybridized carbons (Fsp3) is 0.308. The molecule has 0 aliphatic carbocycles. The van der Waals surface area contributed by atoms with Gasteiger partial charge in [-0.15, -0.1) is 0 Å². The van der Waals surface area contributed by atoms with Crippen molar-refractivity contribution in [2.45, 2.75) is 4.90 Å². The third kappa shape index (κ3) is 5.84. The largest absolute Gasteiger partial charge is 0.478 e. The maximum Gasteiger partial charge on any atom is 0.334 e. The molecule has 0 fully saturated rings. The zero-order chi connectivity index (χ0) is 15.9. The van der Waals surface area contributed by atoms with Gasteiger partial charge in [-0.1, -0.05) is 11.6 Å². The van der Waals surface area contributed by atoms with Crippen LogP contribution in [0.4, 0.5) is 0 Å². The van der Waals surface area contributed by atoms with E-state index in [1.54, 1.807) is 0 Å². The lowest BCUT2D eigenvalue weighted by atomic mass is 10.3. The molecule has 1 aromatic carbocycles. The van der Waals surface area contributed by atoms with E-state index in [1.807, 2.05) is 0 Å². The number of hydrogen-bond acceptors (Lipinski definition) is 5. The highest BCUT2D eigenvalue weighted by atomic mass is 35.5. The smallest absolute Gasteiger partial charge is 0.334 e. The minimum Gasteiger partial charge on any atom is -0.478 e. The normalized spacial score (nSPS) is 12.4. The Morgan fingerprint density at radius 1 is 1.29 bits per heavy atom. The molecule has 0 unspecified atom stereocenters. The van der Waals surface area contributed by atoms with Crippen molar-refractivity contribution >= 4 is 27.4 Å². The predicted molar refractivity (Wildman–Crippen MR) is 77.1 cm³/mol. The summed E-state index contributed by atoms with van der Waals surface area (Å²) in [4.78, 5) is 11.0. The molecule has 21 heavy (non-hydrogen) atoms. The fourth-order valence-corrected chi connectivity index (χ4v) is 2.67. The second-order valence-corrected chi connectivity index (χ2v) is 6.23. The minimum atomic E-state index is -3.88. The third-order valence-corrected chi connectivity index (χ3v) is 4.18. The summed E-state index contributed by atoms with van der Waals surface area (Å²) < 4.78 is 33.9. The average Bonchev–Trinajstić information content (AvgIpc) is 2.42. The fourth-order valence-electron chi connectivity index (χ4n) is 1.35. The highest BCUT2D eigenvalue weighted by Crippen LogP contribution is 2.17. The molecule has 0 saturated carbocycles. The molecule has 0 atom stereocenters. The van der Waals surface area contributed by atoms with E-state index >= 15 is 0 Å². The van der Waals surface area contributed by atoms with Crippen molar-refractivity contribution < 1.29 is 27.8 Å². The molecule has 0 radical (unpaired) electrons. The summed E-state index contributed by atoms with van der Waals surface area (Å²) in [6.07, 6.45) is 0. The molecule has 1 N–H and O–H groups in total. The van der Waals surface area contributed by atoms with Crippen LogP contribution in [-0.2, 0) is 24.1 Å². The van der Waals surface area contributed by atoms with Crippen molar-refractivity contribution in [3.8, 4) is 0 Å². The molecular formula is C13H15ClO6S. The second kappa shape index (κ2) is 8.14. The van der Waals surface area contributed by atoms with Gasteiger partial charge in [0.1, 0.15) is 0 Å². The van der Waals surface area contributed by atoms with E-state index in [9.17, 15) is 13.2 Å². The van der Waals surface area contributed by atoms with Gasteiger partial charge in [-0.2, -0.15) is 0 Å². The predicted octanol–water partition coefficient (Wildman–Crippen LogP) is 1.75. The van der Waals surface area contributed by atoms with Crippen LogP contribution >= 0.6 is 11.6 Å². The molecule has 0 amide bonds. The van der Waals surface area contributed by atoms with E-state index in [2.05, 4.69) is 0 Å². The van der Waals surface area contributed by atoms with E-state index in [0.717, 1.165) is 0 Å². The number of halogens is 1. The number of benzene rings is 1. The Kier molecular flexibility index (Phi) is 6.83. The number of carboxylic acid groups (broad SMARTS) is 1. The molecule has 0 saturated heterocycles. The monoisotopic (exact) mass is 334 g/mol. The first-order valence-corrected chi connectivity index (χ1v) is 7.80. The molecule has 0 aliphatic rings. The van der Waals surface area contributed by atoms with Gasteiger partial charge >= 0.3 is 5.97 Å². The maximum atomic E-state index is 12.1. The summed E-state index contributed by atoms with van der Waals surface area (Å²) in [5, 5.41) is 10.1. The number of sulfone groups is 1. The van der Waals surface area contributed by atoms with Gasteiger partial charge in [0.05, 0.1) is 30.3 Å². The Morgan fingerprint density at radius 2 is 1.90 bits per heavy atom. The van der Waals surface area contributed by atoms with Crippen LogP contribution < -0.4 is 0 Å². The number of carboxylic acids is 1. The zero-order valence-electron chi connectivity index (χ0n) is 11.3. The van der Waals surface area contributed by atoms with Gasteiger partial charge in [0, 0.05) is 17.5 Å². The Labute approximate surface area is 127 Å². The van der Waals surface area contributed by atoms with Crippen LogP contribution in [0.2, 0.25) is 5.02 Å². The molecular weight excluding hydrogens is 320 g/mol. The van der Waals surface area contributed by atoms with Crippen LogP contribution in [0.25, 0.3) is 0 Å². The first kappa shape index (κ1) is 17.6. The second-order valence-electron chi connectivity index (χ2n) is 3.99. The SMILES string of the molecule is COCCOC/C(=C/S(=O)(=O)c1ccc(Cl)cc1)C(=O)O. The Morgan fingerprint density at radius 3 is 2.43 bits per heavy atom. The standard InChI is InChI=1S/C13H15ClO6S/c1-19-6-7-20-8-10(13(15)16)9-21(17,18)12-4-2-11(14)3-5-12/h2-5,9H,6-8H2,1H3,(H,15,16)/b10-9-. The Balaban J connectivity index is 2.92. The summed E-state index contributed by atoms with van der Waals surface area (Å²) >= 11 is 5.68. The van der Waals surface area contributed by atoms with Gasteiger partial charge in [-0.3, -0.25) is 0 Å². The van der Waals surface area contributed by atoms with E-state index < -0.39 is 15.8 Å². The molecule has 1 aromatic rings. The van der Waals surface area contributed by atoms with Crippen LogP contribution in [0.5, 0.6) is 0 Å². The summed E-state index contributed by atoms with van der Waals surface area (Å²) in [6, 6.07) is 5.44. The summed E-state index contributed by atoms with van der Waals surface area (Å²) in [6.45, 7) is 0.129. The van der Waals surface area contributed by atoms with Crippen molar-refractivity contribution in [3.63, 3.8) is 0 Å². The van der Waals surface area contributed by atoms with Crippen LogP contribution in [0.15, 0.2) is 40.1 Å². The summed E-state index contributed by atoms with van der Waals surface area (Å²) in [5.74, 6) is -1.36. The number of carbonyl (C=O) groups is 1. The average molecular weight is 335 g/mol. The molecule has 116 valence electrons. The van der Waals surface area contributed by atoms with E-state index in [-0.39, 0.29) is 30.3 Å². The quantitative estimate of drug-likeness (QED) is 0.575. The van der Waals surface area contributed by atoms with Crippen LogP contribution in [0, 0.1) is 0 Å². The molecule has 0 heterocycles. The van der Waals surface area contributed by atoms with Crippen molar-refractivity contribution in [2.75, 3.05) is 26.9 Å². The molecule has 0 bridgehead atoms. The molecule has 0 aromatic heterocycles. The highest BCUT2D eigenvalue weighted by Gasteiger charge is 2.17. The van der Waals surface area contributed by atoms with E-state index in [4.69, 9.17) is 26.2 Å². The van der Waals surface area contributed by atoms with Crippen LogP contribution in [0.3, 0.4) is 0 Å².